The second kappa shape index (κ2) is 8.57. The molecule has 7 nitrogen and oxygen atoms in total. The van der Waals surface area contributed by atoms with Crippen LogP contribution in [0.25, 0.3) is 0 Å². The summed E-state index contributed by atoms with van der Waals surface area (Å²) in [5.41, 5.74) is 1.37. The Hall–Kier alpha value is -3.74. The smallest absolute Gasteiger partial charge is 0.310 e. The van der Waals surface area contributed by atoms with Crippen LogP contribution in [0.3, 0.4) is 0 Å². The lowest BCUT2D eigenvalue weighted by Gasteiger charge is -2.07. The Bertz CT molecular complexity index is 1010. The second-order valence-corrected chi connectivity index (χ2v) is 5.69. The van der Waals surface area contributed by atoms with Crippen molar-refractivity contribution in [2.45, 2.75) is 6.54 Å². The van der Waals surface area contributed by atoms with E-state index in [4.69, 9.17) is 4.74 Å². The molecule has 0 spiro atoms. The van der Waals surface area contributed by atoms with Gasteiger partial charge in [0.05, 0.1) is 4.92 Å². The number of rotatable bonds is 6. The molecular weight excluding hydrogens is 346 g/mol. The van der Waals surface area contributed by atoms with E-state index >= 15 is 0 Å². The van der Waals surface area contributed by atoms with Crippen LogP contribution in [0.5, 0.6) is 5.75 Å². The van der Waals surface area contributed by atoms with Crippen LogP contribution in [0, 0.1) is 10.1 Å². The van der Waals surface area contributed by atoms with E-state index in [1.807, 2.05) is 47.2 Å². The number of benzene rings is 2. The molecule has 3 rings (SSSR count). The van der Waals surface area contributed by atoms with Crippen molar-refractivity contribution in [3.63, 3.8) is 0 Å². The fourth-order valence-corrected chi connectivity index (χ4v) is 2.51. The number of carbonyl (C=O) groups excluding carboxylic acids is 1. The predicted octanol–water partition coefficient (Wildman–Crippen LogP) is 2.95. The average Bonchev–Trinajstić information content (AvgIpc) is 2.69. The van der Waals surface area contributed by atoms with Crippen LogP contribution >= 0.6 is 0 Å². The number of carbonyl (C=O) groups is 1. The van der Waals surface area contributed by atoms with E-state index in [9.17, 15) is 14.9 Å². The highest BCUT2D eigenvalue weighted by molar-refractivity contribution is 5.78. The number of aromatic nitrogens is 1. The van der Waals surface area contributed by atoms with E-state index in [1.54, 1.807) is 18.2 Å². The van der Waals surface area contributed by atoms with Crippen LogP contribution in [0.15, 0.2) is 84.0 Å². The van der Waals surface area contributed by atoms with Gasteiger partial charge in [0.2, 0.25) is 0 Å². The van der Waals surface area contributed by atoms with Crippen molar-refractivity contribution in [1.82, 2.24) is 4.57 Å². The summed E-state index contributed by atoms with van der Waals surface area (Å²) in [5.74, 6) is -0.488. The number of hydrogen-bond acceptors (Lipinski definition) is 4. The third kappa shape index (κ3) is 4.88. The predicted molar refractivity (Wildman–Crippen MR) is 99.1 cm³/mol. The molecule has 136 valence electrons. The number of nitro groups is 1. The highest BCUT2D eigenvalue weighted by atomic mass is 16.6. The molecular formula is C20H17N3O4. The number of nitrogens with zero attached hydrogens (tertiary/aromatic N) is 3. The van der Waals surface area contributed by atoms with E-state index < -0.39 is 10.8 Å². The Kier molecular flexibility index (Phi) is 5.73. The van der Waals surface area contributed by atoms with Gasteiger partial charge in [-0.3, -0.25) is 14.9 Å². The van der Waals surface area contributed by atoms with Crippen LogP contribution in [0.4, 0.5) is 5.69 Å². The third-order valence-corrected chi connectivity index (χ3v) is 3.76. The number of pyridine rings is 1. The molecule has 0 unspecified atom stereocenters. The van der Waals surface area contributed by atoms with E-state index in [0.29, 0.717) is 12.0 Å². The van der Waals surface area contributed by atoms with Gasteiger partial charge in [-0.05, 0) is 23.8 Å². The molecule has 0 saturated heterocycles. The number of nitro benzene ring substituents is 1. The Balaban J connectivity index is 1.75. The molecule has 0 atom stereocenters. The molecule has 0 fully saturated rings. The first-order valence-electron chi connectivity index (χ1n) is 8.26. The first-order chi connectivity index (χ1) is 13.1. The molecule has 2 aromatic carbocycles. The summed E-state index contributed by atoms with van der Waals surface area (Å²) in [6.07, 6.45) is 1.84. The zero-order chi connectivity index (χ0) is 19.1. The van der Waals surface area contributed by atoms with Crippen molar-refractivity contribution in [3.05, 3.63) is 100 Å². The Morgan fingerprint density at radius 3 is 2.48 bits per heavy atom. The highest BCUT2D eigenvalue weighted by Crippen LogP contribution is 2.25. The van der Waals surface area contributed by atoms with E-state index in [-0.39, 0.29) is 18.0 Å². The monoisotopic (exact) mass is 363 g/mol. The lowest BCUT2D eigenvalue weighted by molar-refractivity contribution is -0.385. The summed E-state index contributed by atoms with van der Waals surface area (Å²) in [4.78, 5) is 26.7. The largest absolute Gasteiger partial charge is 0.477 e. The first kappa shape index (κ1) is 18.1. The minimum atomic E-state index is -0.554. The van der Waals surface area contributed by atoms with Gasteiger partial charge in [-0.2, -0.15) is 4.99 Å². The molecule has 27 heavy (non-hydrogen) atoms. The van der Waals surface area contributed by atoms with Gasteiger partial charge in [0.25, 0.3) is 5.91 Å². The van der Waals surface area contributed by atoms with Gasteiger partial charge in [0.1, 0.15) is 5.49 Å². The zero-order valence-electron chi connectivity index (χ0n) is 14.4. The molecule has 0 bridgehead atoms. The van der Waals surface area contributed by atoms with Crippen molar-refractivity contribution in [3.8, 4) is 5.75 Å². The van der Waals surface area contributed by atoms with Crippen molar-refractivity contribution in [2.75, 3.05) is 6.61 Å². The Morgan fingerprint density at radius 2 is 1.70 bits per heavy atom. The molecule has 7 heteroatoms. The molecule has 0 N–H and O–H groups in total. The van der Waals surface area contributed by atoms with E-state index in [2.05, 4.69) is 4.99 Å². The third-order valence-electron chi connectivity index (χ3n) is 3.76. The lowest BCUT2D eigenvalue weighted by Crippen LogP contribution is -2.23. The average molecular weight is 363 g/mol. The van der Waals surface area contributed by atoms with Crippen LogP contribution in [0.2, 0.25) is 0 Å². The Morgan fingerprint density at radius 1 is 1.00 bits per heavy atom. The maximum atomic E-state index is 12.2. The van der Waals surface area contributed by atoms with Gasteiger partial charge >= 0.3 is 5.69 Å². The molecule has 3 aromatic rings. The van der Waals surface area contributed by atoms with Crippen LogP contribution in [-0.2, 0) is 11.3 Å². The lowest BCUT2D eigenvalue weighted by atomic mass is 10.2. The minimum absolute atomic E-state index is 0.0382. The SMILES string of the molecule is O=C(COc1ccccc1[N+](=O)[O-])N=c1ccccn1Cc1ccccc1. The van der Waals surface area contributed by atoms with Gasteiger partial charge in [-0.25, -0.2) is 0 Å². The van der Waals surface area contributed by atoms with Crippen molar-refractivity contribution < 1.29 is 14.5 Å². The molecule has 0 aliphatic carbocycles. The van der Waals surface area contributed by atoms with Gasteiger partial charge < -0.3 is 9.30 Å². The summed E-state index contributed by atoms with van der Waals surface area (Å²) >= 11 is 0. The normalized spacial score (nSPS) is 11.2. The molecule has 1 aromatic heterocycles. The fourth-order valence-electron chi connectivity index (χ4n) is 2.51. The zero-order valence-corrected chi connectivity index (χ0v) is 14.4. The summed E-state index contributed by atoms with van der Waals surface area (Å²) < 4.78 is 7.14. The van der Waals surface area contributed by atoms with Crippen LogP contribution < -0.4 is 10.2 Å². The highest BCUT2D eigenvalue weighted by Gasteiger charge is 2.14. The molecule has 0 aliphatic heterocycles. The van der Waals surface area contributed by atoms with Gasteiger partial charge in [0.15, 0.2) is 12.4 Å². The molecule has 0 saturated carbocycles. The van der Waals surface area contributed by atoms with E-state index in [1.165, 1.54) is 18.2 Å². The topological polar surface area (TPSA) is 86.7 Å². The number of hydrogen-bond donors (Lipinski definition) is 0. The van der Waals surface area contributed by atoms with Crippen LogP contribution in [0.1, 0.15) is 5.56 Å². The summed E-state index contributed by atoms with van der Waals surface area (Å²) in [7, 11) is 0. The summed E-state index contributed by atoms with van der Waals surface area (Å²) in [6, 6.07) is 21.1. The van der Waals surface area contributed by atoms with Crippen molar-refractivity contribution in [2.24, 2.45) is 4.99 Å². The van der Waals surface area contributed by atoms with Gasteiger partial charge in [0, 0.05) is 18.8 Å². The van der Waals surface area contributed by atoms with Crippen molar-refractivity contribution in [1.29, 1.82) is 0 Å². The number of ether oxygens (including phenoxy) is 1. The second-order valence-electron chi connectivity index (χ2n) is 5.69. The molecule has 0 radical (unpaired) electrons. The fraction of sp³-hybridized carbons (Fsp3) is 0.100. The summed E-state index contributed by atoms with van der Waals surface area (Å²) in [5, 5.41) is 11.0. The Labute approximate surface area is 155 Å². The maximum Gasteiger partial charge on any atom is 0.310 e. The number of para-hydroxylation sites is 2. The maximum absolute atomic E-state index is 12.2. The standard InChI is InChI=1S/C20H17N3O4/c24-20(15-27-18-11-5-4-10-17(18)23(25)26)21-19-12-6-7-13-22(19)14-16-8-2-1-3-9-16/h1-13H,14-15H2. The number of amides is 1. The molecule has 1 heterocycles. The molecule has 1 amide bonds. The van der Waals surface area contributed by atoms with Crippen molar-refractivity contribution >= 4 is 11.6 Å². The van der Waals surface area contributed by atoms with Crippen LogP contribution in [-0.4, -0.2) is 22.0 Å². The van der Waals surface area contributed by atoms with Gasteiger partial charge in [-0.1, -0.05) is 48.5 Å². The quantitative estimate of drug-likeness (QED) is 0.498. The van der Waals surface area contributed by atoms with Gasteiger partial charge in [-0.15, -0.1) is 0 Å². The summed E-state index contributed by atoms with van der Waals surface area (Å²) in [6.45, 7) is 0.184. The molecule has 0 aliphatic rings. The van der Waals surface area contributed by atoms with E-state index in [0.717, 1.165) is 5.56 Å². The minimum Gasteiger partial charge on any atom is -0.477 e. The first-order valence-corrected chi connectivity index (χ1v) is 8.26.